The highest BCUT2D eigenvalue weighted by Gasteiger charge is 2.23. The lowest BCUT2D eigenvalue weighted by molar-refractivity contribution is -0.133. The molecule has 1 saturated heterocycles. The van der Waals surface area contributed by atoms with Gasteiger partial charge in [0.15, 0.2) is 0 Å². The summed E-state index contributed by atoms with van der Waals surface area (Å²) in [4.78, 5) is 37.7. The summed E-state index contributed by atoms with van der Waals surface area (Å²) in [7, 11) is 0. The predicted molar refractivity (Wildman–Crippen MR) is 125 cm³/mol. The van der Waals surface area contributed by atoms with Crippen LogP contribution in [0, 0.1) is 6.92 Å². The Morgan fingerprint density at radius 3 is 2.67 bits per heavy atom. The van der Waals surface area contributed by atoms with Gasteiger partial charge in [0.05, 0.1) is 13.0 Å². The van der Waals surface area contributed by atoms with Crippen LogP contribution in [-0.2, 0) is 16.0 Å². The molecule has 0 radical (unpaired) electrons. The predicted octanol–water partition coefficient (Wildman–Crippen LogP) is 1.59. The number of carbonyl (C=O) groups excluding carboxylic acids is 2. The first-order chi connectivity index (χ1) is 16.1. The van der Waals surface area contributed by atoms with Gasteiger partial charge in [-0.05, 0) is 23.3 Å². The number of hydrogen-bond acceptors (Lipinski definition) is 6. The maximum absolute atomic E-state index is 12.7. The zero-order valence-electron chi connectivity index (χ0n) is 18.4. The molecule has 1 N–H and O–H groups in total. The number of hydrogen-bond donors (Lipinski definition) is 1. The van der Waals surface area contributed by atoms with Crippen molar-refractivity contribution in [3.63, 3.8) is 0 Å². The molecule has 1 fully saturated rings. The number of aromatic nitrogens is 4. The van der Waals surface area contributed by atoms with Gasteiger partial charge in [-0.25, -0.2) is 4.98 Å². The summed E-state index contributed by atoms with van der Waals surface area (Å²) in [6.07, 6.45) is 1.74. The van der Waals surface area contributed by atoms with Crippen LogP contribution in [0.5, 0.6) is 0 Å². The molecule has 2 amide bonds. The summed E-state index contributed by atoms with van der Waals surface area (Å²) in [5.74, 6) is 1.26. The van der Waals surface area contributed by atoms with Crippen molar-refractivity contribution < 1.29 is 9.59 Å². The fourth-order valence-corrected chi connectivity index (χ4v) is 4.29. The second-order valence-corrected chi connectivity index (χ2v) is 8.19. The average Bonchev–Trinajstić information content (AvgIpc) is 3.31. The number of nitrogens with one attached hydrogen (secondary N) is 1. The summed E-state index contributed by atoms with van der Waals surface area (Å²) < 4.78 is 1.72. The Morgan fingerprint density at radius 1 is 1.03 bits per heavy atom. The van der Waals surface area contributed by atoms with Gasteiger partial charge < -0.3 is 15.1 Å². The third-order valence-electron chi connectivity index (χ3n) is 5.99. The first-order valence-corrected chi connectivity index (χ1v) is 11.0. The molecule has 0 aliphatic carbocycles. The molecule has 0 bridgehead atoms. The Hall–Kier alpha value is -4.01. The molecule has 3 heterocycles. The minimum absolute atomic E-state index is 0.00524. The van der Waals surface area contributed by atoms with Crippen LogP contribution in [0.3, 0.4) is 0 Å². The fourth-order valence-electron chi connectivity index (χ4n) is 4.29. The molecule has 2 aromatic carbocycles. The van der Waals surface area contributed by atoms with E-state index < -0.39 is 0 Å². The van der Waals surface area contributed by atoms with E-state index in [-0.39, 0.29) is 24.8 Å². The molecule has 2 aromatic heterocycles. The molecule has 0 atom stereocenters. The van der Waals surface area contributed by atoms with Crippen LogP contribution < -0.4 is 10.2 Å². The molecule has 1 aliphatic rings. The van der Waals surface area contributed by atoms with Gasteiger partial charge in [0.1, 0.15) is 12.1 Å². The van der Waals surface area contributed by atoms with Gasteiger partial charge in [0.25, 0.3) is 5.78 Å². The van der Waals surface area contributed by atoms with Crippen molar-refractivity contribution >= 4 is 34.2 Å². The molecule has 5 rings (SSSR count). The Bertz CT molecular complexity index is 1320. The van der Waals surface area contributed by atoms with Crippen molar-refractivity contribution in [3.05, 3.63) is 66.1 Å². The largest absolute Gasteiger partial charge is 0.353 e. The number of amides is 2. The number of benzene rings is 2. The van der Waals surface area contributed by atoms with E-state index in [4.69, 9.17) is 0 Å². The molecule has 0 saturated carbocycles. The lowest BCUT2D eigenvalue weighted by atomic mass is 10.0. The van der Waals surface area contributed by atoms with Crippen molar-refractivity contribution in [2.24, 2.45) is 0 Å². The highest BCUT2D eigenvalue weighted by Crippen LogP contribution is 2.19. The highest BCUT2D eigenvalue weighted by molar-refractivity contribution is 5.91. The molecule has 1 aliphatic heterocycles. The first kappa shape index (κ1) is 20.9. The summed E-state index contributed by atoms with van der Waals surface area (Å²) in [6.45, 7) is 4.44. The maximum atomic E-state index is 12.7. The molecule has 9 heteroatoms. The van der Waals surface area contributed by atoms with E-state index in [9.17, 15) is 9.59 Å². The zero-order chi connectivity index (χ0) is 22.8. The number of fused-ring (bicyclic) bond motifs is 2. The molecule has 33 heavy (non-hydrogen) atoms. The van der Waals surface area contributed by atoms with Crippen molar-refractivity contribution in [3.8, 4) is 0 Å². The van der Waals surface area contributed by atoms with Gasteiger partial charge in [0, 0.05) is 37.9 Å². The molecule has 0 unspecified atom stereocenters. The van der Waals surface area contributed by atoms with E-state index in [1.807, 2.05) is 55.5 Å². The Labute approximate surface area is 191 Å². The maximum Gasteiger partial charge on any atom is 0.254 e. The van der Waals surface area contributed by atoms with Crippen LogP contribution in [0.2, 0.25) is 0 Å². The summed E-state index contributed by atoms with van der Waals surface area (Å²) in [5, 5.41) is 9.22. The van der Waals surface area contributed by atoms with Crippen molar-refractivity contribution in [1.82, 2.24) is 29.8 Å². The number of rotatable bonds is 5. The molecule has 0 spiro atoms. The third kappa shape index (κ3) is 4.34. The second-order valence-electron chi connectivity index (χ2n) is 8.19. The van der Waals surface area contributed by atoms with E-state index in [0.717, 1.165) is 27.8 Å². The number of piperazine rings is 1. The van der Waals surface area contributed by atoms with Crippen molar-refractivity contribution in [2.75, 3.05) is 37.6 Å². The van der Waals surface area contributed by atoms with Crippen LogP contribution in [0.25, 0.3) is 16.6 Å². The fraction of sp³-hybridized carbons (Fsp3) is 0.292. The number of carbonyl (C=O) groups is 2. The first-order valence-electron chi connectivity index (χ1n) is 11.0. The van der Waals surface area contributed by atoms with Gasteiger partial charge in [0.2, 0.25) is 11.8 Å². The van der Waals surface area contributed by atoms with Gasteiger partial charge in [-0.2, -0.15) is 14.6 Å². The lowest BCUT2D eigenvalue weighted by Crippen LogP contribution is -2.51. The quantitative estimate of drug-likeness (QED) is 0.503. The van der Waals surface area contributed by atoms with Gasteiger partial charge in [-0.1, -0.05) is 42.5 Å². The van der Waals surface area contributed by atoms with Crippen LogP contribution in [-0.4, -0.2) is 69.0 Å². The summed E-state index contributed by atoms with van der Waals surface area (Å²) in [5.41, 5.74) is 1.83. The van der Waals surface area contributed by atoms with E-state index in [1.165, 1.54) is 6.33 Å². The van der Waals surface area contributed by atoms with Crippen LogP contribution in [0.4, 0.5) is 5.82 Å². The van der Waals surface area contributed by atoms with Gasteiger partial charge in [-0.15, -0.1) is 0 Å². The Morgan fingerprint density at radius 2 is 1.82 bits per heavy atom. The summed E-state index contributed by atoms with van der Waals surface area (Å²) >= 11 is 0. The number of anilines is 1. The summed E-state index contributed by atoms with van der Waals surface area (Å²) in [6, 6.07) is 15.9. The molecule has 168 valence electrons. The second kappa shape index (κ2) is 8.85. The Kier molecular flexibility index (Phi) is 5.60. The van der Waals surface area contributed by atoms with Crippen molar-refractivity contribution in [2.45, 2.75) is 13.3 Å². The zero-order valence-corrected chi connectivity index (χ0v) is 18.4. The molecular weight excluding hydrogens is 418 g/mol. The Balaban J connectivity index is 1.15. The van der Waals surface area contributed by atoms with E-state index in [1.54, 1.807) is 9.42 Å². The normalized spacial score (nSPS) is 14.1. The van der Waals surface area contributed by atoms with Crippen LogP contribution in [0.1, 0.15) is 11.3 Å². The number of nitrogens with zero attached hydrogens (tertiary/aromatic N) is 6. The lowest BCUT2D eigenvalue weighted by Gasteiger charge is -2.36. The van der Waals surface area contributed by atoms with E-state index in [0.29, 0.717) is 32.0 Å². The van der Waals surface area contributed by atoms with Gasteiger partial charge >= 0.3 is 0 Å². The SMILES string of the molecule is Cc1cc(N2CCN(C(=O)CNC(=O)Cc3cccc4ccccc34)CC2)n2ncnc2n1. The minimum Gasteiger partial charge on any atom is -0.353 e. The molecular formula is C24H25N7O2. The highest BCUT2D eigenvalue weighted by atomic mass is 16.2. The van der Waals surface area contributed by atoms with Crippen molar-refractivity contribution in [1.29, 1.82) is 0 Å². The van der Waals surface area contributed by atoms with Gasteiger partial charge in [-0.3, -0.25) is 9.59 Å². The number of aryl methyl sites for hydroxylation is 1. The van der Waals surface area contributed by atoms with Crippen LogP contribution in [0.15, 0.2) is 54.9 Å². The average molecular weight is 444 g/mol. The van der Waals surface area contributed by atoms with E-state index in [2.05, 4.69) is 25.3 Å². The standard InChI is InChI=1S/C24H25N7O2/c1-17-13-22(31-24(28-17)26-16-27-31)29-9-11-30(12-10-29)23(33)15-25-21(32)14-19-7-4-6-18-5-2-3-8-20(18)19/h2-8,13,16H,9-12,14-15H2,1H3,(H,25,32). The third-order valence-corrected chi connectivity index (χ3v) is 5.99. The minimum atomic E-state index is -0.154. The molecule has 9 nitrogen and oxygen atoms in total. The van der Waals surface area contributed by atoms with E-state index >= 15 is 0 Å². The molecule has 4 aromatic rings. The monoisotopic (exact) mass is 443 g/mol. The van der Waals surface area contributed by atoms with Crippen LogP contribution >= 0.6 is 0 Å². The topological polar surface area (TPSA) is 95.7 Å². The smallest absolute Gasteiger partial charge is 0.254 e.